The molecule has 0 saturated heterocycles. The van der Waals surface area contributed by atoms with Crippen LogP contribution < -0.4 is 5.73 Å². The van der Waals surface area contributed by atoms with Crippen LogP contribution in [0.1, 0.15) is 18.7 Å². The van der Waals surface area contributed by atoms with Gasteiger partial charge in [-0.3, -0.25) is 9.67 Å². The van der Waals surface area contributed by atoms with Gasteiger partial charge in [-0.15, -0.1) is 0 Å². The molecule has 2 aromatic rings. The zero-order chi connectivity index (χ0) is 9.42. The molecule has 0 aromatic carbocycles. The van der Waals surface area contributed by atoms with E-state index >= 15 is 0 Å². The van der Waals surface area contributed by atoms with Gasteiger partial charge >= 0.3 is 0 Å². The van der Waals surface area contributed by atoms with Crippen LogP contribution in [-0.2, 0) is 7.05 Å². The molecule has 1 unspecified atom stereocenters. The number of fused-ring (bicyclic) bond motifs is 1. The van der Waals surface area contributed by atoms with Gasteiger partial charge in [0.2, 0.25) is 0 Å². The van der Waals surface area contributed by atoms with Crippen LogP contribution in [0.15, 0.2) is 18.5 Å². The van der Waals surface area contributed by atoms with E-state index in [1.807, 2.05) is 26.2 Å². The van der Waals surface area contributed by atoms with Gasteiger partial charge in [-0.05, 0) is 13.0 Å². The predicted molar refractivity (Wildman–Crippen MR) is 51.1 cm³/mol. The number of nitrogens with zero attached hydrogens (tertiary/aromatic N) is 3. The van der Waals surface area contributed by atoms with Gasteiger partial charge in [0.05, 0.1) is 11.2 Å². The van der Waals surface area contributed by atoms with Crippen molar-refractivity contribution in [3.63, 3.8) is 0 Å². The molecule has 4 nitrogen and oxygen atoms in total. The molecule has 2 rings (SSSR count). The Labute approximate surface area is 76.4 Å². The molecule has 0 saturated carbocycles. The summed E-state index contributed by atoms with van der Waals surface area (Å²) in [6.45, 7) is 1.91. The molecule has 0 radical (unpaired) electrons. The summed E-state index contributed by atoms with van der Waals surface area (Å²) >= 11 is 0. The fraction of sp³-hybridized carbons (Fsp3) is 0.333. The minimum atomic E-state index is -0.0357. The highest BCUT2D eigenvalue weighted by Crippen LogP contribution is 2.14. The Morgan fingerprint density at radius 1 is 1.54 bits per heavy atom. The third kappa shape index (κ3) is 1.40. The summed E-state index contributed by atoms with van der Waals surface area (Å²) in [4.78, 5) is 4.24. The van der Waals surface area contributed by atoms with Crippen molar-refractivity contribution >= 4 is 10.9 Å². The monoisotopic (exact) mass is 176 g/mol. The summed E-state index contributed by atoms with van der Waals surface area (Å²) in [6.07, 6.45) is 3.74. The van der Waals surface area contributed by atoms with Crippen LogP contribution >= 0.6 is 0 Å². The normalized spacial score (nSPS) is 13.5. The largest absolute Gasteiger partial charge is 0.323 e. The van der Waals surface area contributed by atoms with Crippen molar-refractivity contribution in [3.8, 4) is 0 Å². The van der Waals surface area contributed by atoms with E-state index < -0.39 is 0 Å². The number of hydrogen-bond donors (Lipinski definition) is 1. The Morgan fingerprint density at radius 2 is 2.31 bits per heavy atom. The fourth-order valence-electron chi connectivity index (χ4n) is 1.31. The van der Waals surface area contributed by atoms with Crippen LogP contribution in [0.2, 0.25) is 0 Å². The maximum atomic E-state index is 5.71. The molecule has 68 valence electrons. The number of rotatable bonds is 1. The van der Waals surface area contributed by atoms with E-state index in [-0.39, 0.29) is 6.04 Å². The van der Waals surface area contributed by atoms with Crippen LogP contribution in [0.4, 0.5) is 0 Å². The average molecular weight is 176 g/mol. The summed E-state index contributed by atoms with van der Waals surface area (Å²) in [5, 5.41) is 5.33. The van der Waals surface area contributed by atoms with E-state index in [4.69, 9.17) is 5.73 Å². The van der Waals surface area contributed by atoms with Crippen LogP contribution in [-0.4, -0.2) is 14.8 Å². The Hall–Kier alpha value is -1.42. The number of nitrogens with two attached hydrogens (primary N) is 1. The van der Waals surface area contributed by atoms with E-state index in [2.05, 4.69) is 10.1 Å². The van der Waals surface area contributed by atoms with Gasteiger partial charge in [-0.1, -0.05) is 0 Å². The zero-order valence-corrected chi connectivity index (χ0v) is 7.73. The predicted octanol–water partition coefficient (Wildman–Crippen LogP) is 0.988. The van der Waals surface area contributed by atoms with Crippen LogP contribution in [0.3, 0.4) is 0 Å². The molecule has 13 heavy (non-hydrogen) atoms. The molecule has 2 aromatic heterocycles. The summed E-state index contributed by atoms with van der Waals surface area (Å²) < 4.78 is 1.78. The molecule has 4 heteroatoms. The van der Waals surface area contributed by atoms with E-state index in [0.29, 0.717) is 0 Å². The quantitative estimate of drug-likeness (QED) is 0.704. The van der Waals surface area contributed by atoms with Gasteiger partial charge in [-0.2, -0.15) is 5.10 Å². The van der Waals surface area contributed by atoms with E-state index in [1.54, 1.807) is 10.9 Å². The zero-order valence-electron chi connectivity index (χ0n) is 7.73. The highest BCUT2D eigenvalue weighted by molar-refractivity contribution is 5.77. The molecule has 0 aliphatic carbocycles. The topological polar surface area (TPSA) is 56.7 Å². The second-order valence-electron chi connectivity index (χ2n) is 3.26. The lowest BCUT2D eigenvalue weighted by Gasteiger charge is -2.02. The first-order chi connectivity index (χ1) is 6.16. The maximum absolute atomic E-state index is 5.71. The van der Waals surface area contributed by atoms with Crippen molar-refractivity contribution in [2.45, 2.75) is 13.0 Å². The Kier molecular flexibility index (Phi) is 1.77. The average Bonchev–Trinajstić information content (AvgIpc) is 2.42. The summed E-state index contributed by atoms with van der Waals surface area (Å²) in [6, 6.07) is 1.89. The molecule has 1 atom stereocenters. The maximum Gasteiger partial charge on any atom is 0.0957 e. The van der Waals surface area contributed by atoms with Crippen LogP contribution in [0.25, 0.3) is 10.9 Å². The third-order valence-electron chi connectivity index (χ3n) is 1.99. The minimum Gasteiger partial charge on any atom is -0.323 e. The van der Waals surface area contributed by atoms with Crippen molar-refractivity contribution in [1.29, 1.82) is 0 Å². The second-order valence-corrected chi connectivity index (χ2v) is 3.26. The molecule has 2 N–H and O–H groups in total. The summed E-state index contributed by atoms with van der Waals surface area (Å²) in [7, 11) is 1.89. The fourth-order valence-corrected chi connectivity index (χ4v) is 1.31. The van der Waals surface area contributed by atoms with Crippen molar-refractivity contribution in [1.82, 2.24) is 14.8 Å². The lowest BCUT2D eigenvalue weighted by molar-refractivity contribution is 0.773. The first kappa shape index (κ1) is 8.19. The first-order valence-corrected chi connectivity index (χ1v) is 4.21. The van der Waals surface area contributed by atoms with E-state index in [9.17, 15) is 0 Å². The molecule has 0 fully saturated rings. The lowest BCUT2D eigenvalue weighted by atomic mass is 10.2. The van der Waals surface area contributed by atoms with Crippen molar-refractivity contribution in [2.75, 3.05) is 0 Å². The van der Waals surface area contributed by atoms with E-state index in [1.165, 1.54) is 0 Å². The van der Waals surface area contributed by atoms with Gasteiger partial charge in [-0.25, -0.2) is 0 Å². The smallest absolute Gasteiger partial charge is 0.0957 e. The Balaban J connectivity index is 2.61. The van der Waals surface area contributed by atoms with Gasteiger partial charge < -0.3 is 5.73 Å². The molecule has 0 bridgehead atoms. The van der Waals surface area contributed by atoms with Gasteiger partial charge in [0.25, 0.3) is 0 Å². The van der Waals surface area contributed by atoms with Gasteiger partial charge in [0.1, 0.15) is 0 Å². The third-order valence-corrected chi connectivity index (χ3v) is 1.99. The highest BCUT2D eigenvalue weighted by Gasteiger charge is 2.04. The standard InChI is InChI=1S/C9H12N4/c1-6(10)8-3-9-7(4-11-8)5-13(2)12-9/h3-6H,10H2,1-2H3. The van der Waals surface area contributed by atoms with Crippen molar-refractivity contribution in [3.05, 3.63) is 24.2 Å². The number of hydrogen-bond acceptors (Lipinski definition) is 3. The Bertz CT molecular complexity index is 430. The van der Waals surface area contributed by atoms with E-state index in [0.717, 1.165) is 16.6 Å². The van der Waals surface area contributed by atoms with Crippen LogP contribution in [0.5, 0.6) is 0 Å². The summed E-state index contributed by atoms with van der Waals surface area (Å²) in [5.74, 6) is 0. The minimum absolute atomic E-state index is 0.0357. The SMILES string of the molecule is CC(N)c1cc2nn(C)cc2cn1. The van der Waals surface area contributed by atoms with Gasteiger partial charge in [0.15, 0.2) is 0 Å². The highest BCUT2D eigenvalue weighted by atomic mass is 15.2. The van der Waals surface area contributed by atoms with Crippen molar-refractivity contribution in [2.24, 2.45) is 12.8 Å². The molecule has 2 heterocycles. The number of aromatic nitrogens is 3. The molecule has 0 spiro atoms. The van der Waals surface area contributed by atoms with Crippen molar-refractivity contribution < 1.29 is 0 Å². The molecular weight excluding hydrogens is 164 g/mol. The molecule has 0 aliphatic rings. The number of aryl methyl sites for hydroxylation is 1. The second kappa shape index (κ2) is 2.81. The van der Waals surface area contributed by atoms with Crippen LogP contribution in [0, 0.1) is 0 Å². The van der Waals surface area contributed by atoms with Gasteiger partial charge in [0, 0.05) is 30.9 Å². The Morgan fingerprint density at radius 3 is 3.00 bits per heavy atom. The first-order valence-electron chi connectivity index (χ1n) is 4.21. The summed E-state index contributed by atoms with van der Waals surface area (Å²) in [5.41, 5.74) is 7.54. The lowest BCUT2D eigenvalue weighted by Crippen LogP contribution is -2.06. The molecule has 0 aliphatic heterocycles. The molecule has 0 amide bonds. The number of pyridine rings is 1. The molecular formula is C9H12N4.